The largest absolute Gasteiger partial charge is 0.434 e. The summed E-state index contributed by atoms with van der Waals surface area (Å²) in [6.07, 6.45) is -4.41. The molecule has 1 heterocycles. The predicted octanol–water partition coefficient (Wildman–Crippen LogP) is 4.26. The Kier molecular flexibility index (Phi) is 8.91. The van der Waals surface area contributed by atoms with Gasteiger partial charge in [-0.25, -0.2) is 9.98 Å². The summed E-state index contributed by atoms with van der Waals surface area (Å²) in [5.41, 5.74) is 1.50. The molecule has 160 valence electrons. The average molecular weight is 428 g/mol. The number of nitrogens with one attached hydrogen (secondary N) is 2. The number of guanidine groups is 1. The molecular formula is C20H28F3N5S. The van der Waals surface area contributed by atoms with E-state index >= 15 is 0 Å². The van der Waals surface area contributed by atoms with Crippen molar-refractivity contribution in [3.63, 3.8) is 0 Å². The van der Waals surface area contributed by atoms with Gasteiger partial charge in [-0.2, -0.15) is 13.2 Å². The minimum Gasteiger partial charge on any atom is -0.357 e. The number of hydrogen-bond acceptors (Lipinski definition) is 4. The molecule has 0 radical (unpaired) electrons. The van der Waals surface area contributed by atoms with Crippen LogP contribution in [0.15, 0.2) is 34.6 Å². The van der Waals surface area contributed by atoms with Gasteiger partial charge in [-0.3, -0.25) is 4.90 Å². The highest BCUT2D eigenvalue weighted by Gasteiger charge is 2.33. The van der Waals surface area contributed by atoms with E-state index in [1.165, 1.54) is 5.56 Å². The number of benzene rings is 1. The Bertz CT molecular complexity index is 784. The van der Waals surface area contributed by atoms with Crippen LogP contribution in [0.4, 0.5) is 13.2 Å². The van der Waals surface area contributed by atoms with E-state index in [1.807, 2.05) is 19.1 Å². The lowest BCUT2D eigenvalue weighted by molar-refractivity contribution is -0.140. The third-order valence-electron chi connectivity index (χ3n) is 4.41. The Hall–Kier alpha value is -2.13. The number of halogens is 3. The zero-order valence-electron chi connectivity index (χ0n) is 17.0. The fourth-order valence-corrected chi connectivity index (χ4v) is 3.48. The van der Waals surface area contributed by atoms with Gasteiger partial charge >= 0.3 is 6.18 Å². The molecule has 9 heteroatoms. The average Bonchev–Trinajstić information content (AvgIpc) is 3.18. The zero-order chi connectivity index (χ0) is 21.3. The third-order valence-corrected chi connectivity index (χ3v) is 5.26. The van der Waals surface area contributed by atoms with Gasteiger partial charge in [-0.05, 0) is 31.1 Å². The van der Waals surface area contributed by atoms with Gasteiger partial charge in [0, 0.05) is 18.5 Å². The van der Waals surface area contributed by atoms with E-state index in [0.717, 1.165) is 41.9 Å². The van der Waals surface area contributed by atoms with Crippen molar-refractivity contribution in [1.29, 1.82) is 0 Å². The van der Waals surface area contributed by atoms with Gasteiger partial charge in [0.1, 0.15) is 5.01 Å². The van der Waals surface area contributed by atoms with Gasteiger partial charge in [0.05, 0.1) is 13.1 Å². The molecule has 0 saturated carbocycles. The molecule has 0 unspecified atom stereocenters. The van der Waals surface area contributed by atoms with Gasteiger partial charge in [0.15, 0.2) is 11.7 Å². The molecule has 0 atom stereocenters. The molecule has 0 spiro atoms. The molecule has 0 bridgehead atoms. The third kappa shape index (κ3) is 7.32. The molecule has 0 fully saturated rings. The van der Waals surface area contributed by atoms with Crippen molar-refractivity contribution in [2.75, 3.05) is 19.6 Å². The zero-order valence-corrected chi connectivity index (χ0v) is 17.8. The maximum absolute atomic E-state index is 12.7. The molecule has 0 aliphatic carbocycles. The van der Waals surface area contributed by atoms with Crippen LogP contribution >= 0.6 is 11.3 Å². The van der Waals surface area contributed by atoms with E-state index in [0.29, 0.717) is 24.1 Å². The molecule has 2 aromatic rings. The molecule has 0 aliphatic heterocycles. The molecule has 0 aliphatic rings. The van der Waals surface area contributed by atoms with Gasteiger partial charge < -0.3 is 10.6 Å². The first kappa shape index (κ1) is 23.2. The SMILES string of the molecule is CCNC(=NCc1ccccc1CN(CC)CC)NCc1nc(C(F)(F)F)cs1. The number of aliphatic imine (C=N–C) groups is 1. The number of nitrogens with zero attached hydrogens (tertiary/aromatic N) is 3. The maximum Gasteiger partial charge on any atom is 0.434 e. The number of thiazole rings is 1. The molecule has 2 N–H and O–H groups in total. The van der Waals surface area contributed by atoms with E-state index in [9.17, 15) is 13.2 Å². The summed E-state index contributed by atoms with van der Waals surface area (Å²) in [5, 5.41) is 7.59. The van der Waals surface area contributed by atoms with Gasteiger partial charge in [-0.1, -0.05) is 38.1 Å². The normalized spacial score (nSPS) is 12.4. The monoisotopic (exact) mass is 427 g/mol. The second-order valence-corrected chi connectivity index (χ2v) is 7.35. The molecule has 29 heavy (non-hydrogen) atoms. The van der Waals surface area contributed by atoms with Crippen LogP contribution in [0.25, 0.3) is 0 Å². The summed E-state index contributed by atoms with van der Waals surface area (Å²) in [7, 11) is 0. The minimum absolute atomic E-state index is 0.188. The topological polar surface area (TPSA) is 52.6 Å². The number of rotatable bonds is 9. The van der Waals surface area contributed by atoms with E-state index in [1.54, 1.807) is 0 Å². The fourth-order valence-electron chi connectivity index (χ4n) is 2.74. The molecule has 0 saturated heterocycles. The van der Waals surface area contributed by atoms with E-state index < -0.39 is 11.9 Å². The Labute approximate surface area is 174 Å². The van der Waals surface area contributed by atoms with Crippen LogP contribution in [0.1, 0.15) is 42.6 Å². The maximum atomic E-state index is 12.7. The van der Waals surface area contributed by atoms with Crippen molar-refractivity contribution in [2.24, 2.45) is 4.99 Å². The summed E-state index contributed by atoms with van der Waals surface area (Å²) in [5.74, 6) is 0.550. The standard InChI is InChI=1S/C20H28F3N5S/c1-4-24-19(26-12-18-27-17(14-29-18)20(21,22)23)25-11-15-9-7-8-10-16(15)13-28(5-2)6-3/h7-10,14H,4-6,11-13H2,1-3H3,(H2,24,25,26). The van der Waals surface area contributed by atoms with Crippen molar-refractivity contribution in [2.45, 2.75) is 46.6 Å². The van der Waals surface area contributed by atoms with Crippen LogP contribution in [0.5, 0.6) is 0 Å². The number of alkyl halides is 3. The first-order chi connectivity index (χ1) is 13.9. The summed E-state index contributed by atoms with van der Waals surface area (Å²) in [6.45, 7) is 10.4. The highest BCUT2D eigenvalue weighted by Crippen LogP contribution is 2.29. The van der Waals surface area contributed by atoms with E-state index in [2.05, 4.69) is 51.5 Å². The number of hydrogen-bond donors (Lipinski definition) is 2. The first-order valence-electron chi connectivity index (χ1n) is 9.70. The van der Waals surface area contributed by atoms with Crippen LogP contribution in [-0.2, 0) is 25.8 Å². The lowest BCUT2D eigenvalue weighted by atomic mass is 10.1. The van der Waals surface area contributed by atoms with Crippen LogP contribution in [0.3, 0.4) is 0 Å². The smallest absolute Gasteiger partial charge is 0.357 e. The highest BCUT2D eigenvalue weighted by molar-refractivity contribution is 7.09. The molecule has 5 nitrogen and oxygen atoms in total. The summed E-state index contributed by atoms with van der Waals surface area (Å²) in [4.78, 5) is 10.6. The van der Waals surface area contributed by atoms with Gasteiger partial charge in [0.25, 0.3) is 0 Å². The van der Waals surface area contributed by atoms with Crippen LogP contribution in [-0.4, -0.2) is 35.5 Å². The Morgan fingerprint density at radius 3 is 2.38 bits per heavy atom. The quantitative estimate of drug-likeness (QED) is 0.464. The van der Waals surface area contributed by atoms with Crippen molar-refractivity contribution in [3.05, 3.63) is 51.5 Å². The number of aromatic nitrogens is 1. The van der Waals surface area contributed by atoms with Gasteiger partial charge in [-0.15, -0.1) is 11.3 Å². The Balaban J connectivity index is 2.05. The predicted molar refractivity (Wildman–Crippen MR) is 112 cm³/mol. The summed E-state index contributed by atoms with van der Waals surface area (Å²) >= 11 is 0.983. The van der Waals surface area contributed by atoms with Crippen molar-refractivity contribution in [1.82, 2.24) is 20.5 Å². The van der Waals surface area contributed by atoms with Crippen LogP contribution < -0.4 is 10.6 Å². The highest BCUT2D eigenvalue weighted by atomic mass is 32.1. The van der Waals surface area contributed by atoms with E-state index in [-0.39, 0.29) is 6.54 Å². The second-order valence-electron chi connectivity index (χ2n) is 6.40. The van der Waals surface area contributed by atoms with Crippen LogP contribution in [0, 0.1) is 0 Å². The second kappa shape index (κ2) is 11.2. The summed E-state index contributed by atoms with van der Waals surface area (Å²) in [6, 6.07) is 8.18. The van der Waals surface area contributed by atoms with Crippen molar-refractivity contribution in [3.8, 4) is 0 Å². The van der Waals surface area contributed by atoms with Crippen molar-refractivity contribution >= 4 is 17.3 Å². The minimum atomic E-state index is -4.41. The van der Waals surface area contributed by atoms with Gasteiger partial charge in [0.2, 0.25) is 0 Å². The molecular weight excluding hydrogens is 399 g/mol. The lowest BCUT2D eigenvalue weighted by Gasteiger charge is -2.20. The van der Waals surface area contributed by atoms with E-state index in [4.69, 9.17) is 0 Å². The van der Waals surface area contributed by atoms with Crippen molar-refractivity contribution < 1.29 is 13.2 Å². The molecule has 0 amide bonds. The summed E-state index contributed by atoms with van der Waals surface area (Å²) < 4.78 is 38.1. The molecule has 2 rings (SSSR count). The molecule has 1 aromatic carbocycles. The Morgan fingerprint density at radius 1 is 1.10 bits per heavy atom. The Morgan fingerprint density at radius 2 is 1.79 bits per heavy atom. The first-order valence-corrected chi connectivity index (χ1v) is 10.6. The fraction of sp³-hybridized carbons (Fsp3) is 0.500. The lowest BCUT2D eigenvalue weighted by Crippen LogP contribution is -2.36. The van der Waals surface area contributed by atoms with Crippen LogP contribution in [0.2, 0.25) is 0 Å². The molecule has 1 aromatic heterocycles.